The lowest BCUT2D eigenvalue weighted by atomic mass is 9.94. The van der Waals surface area contributed by atoms with Crippen LogP contribution in [-0.2, 0) is 10.0 Å². The fourth-order valence-electron chi connectivity index (χ4n) is 3.14. The molecule has 0 saturated heterocycles. The predicted molar refractivity (Wildman–Crippen MR) is 104 cm³/mol. The van der Waals surface area contributed by atoms with E-state index in [2.05, 4.69) is 37.6 Å². The topological polar surface area (TPSA) is 62.3 Å². The largest absolute Gasteiger partial charge is 0.357 e. The van der Waals surface area contributed by atoms with Crippen molar-refractivity contribution < 1.29 is 8.42 Å². The molecule has 3 rings (SSSR count). The summed E-state index contributed by atoms with van der Waals surface area (Å²) in [6.45, 7) is 0. The number of hydrogen-bond acceptors (Lipinski definition) is 4. The maximum absolute atomic E-state index is 12.4. The van der Waals surface area contributed by atoms with Gasteiger partial charge in [-0.25, -0.2) is 13.4 Å². The van der Waals surface area contributed by atoms with Crippen LogP contribution in [0.4, 0.5) is 11.5 Å². The average Bonchev–Trinajstić information content (AvgIpc) is 2.62. The highest BCUT2D eigenvalue weighted by Crippen LogP contribution is 2.26. The van der Waals surface area contributed by atoms with Crippen molar-refractivity contribution in [3.63, 3.8) is 0 Å². The molecule has 1 aliphatic rings. The van der Waals surface area contributed by atoms with Crippen LogP contribution in [0.1, 0.15) is 32.1 Å². The Bertz CT molecular complexity index is 801. The molecule has 0 spiro atoms. The summed E-state index contributed by atoms with van der Waals surface area (Å²) in [4.78, 5) is 6.86. The van der Waals surface area contributed by atoms with E-state index < -0.39 is 10.0 Å². The Kier molecular flexibility index (Phi) is 5.64. The van der Waals surface area contributed by atoms with Crippen LogP contribution < -0.4 is 9.62 Å². The molecule has 25 heavy (non-hydrogen) atoms. The Morgan fingerprint density at radius 2 is 1.76 bits per heavy atom. The van der Waals surface area contributed by atoms with E-state index in [4.69, 9.17) is 0 Å². The van der Waals surface area contributed by atoms with Crippen LogP contribution in [-0.4, -0.2) is 26.5 Å². The van der Waals surface area contributed by atoms with Crippen LogP contribution in [0.15, 0.2) is 52.0 Å². The molecule has 1 aromatic heterocycles. The van der Waals surface area contributed by atoms with Crippen molar-refractivity contribution >= 4 is 37.5 Å². The number of pyridine rings is 1. The molecule has 0 bridgehead atoms. The third-order valence-electron chi connectivity index (χ3n) is 4.61. The number of aromatic nitrogens is 1. The van der Waals surface area contributed by atoms with Crippen LogP contribution in [0.2, 0.25) is 0 Å². The monoisotopic (exact) mass is 423 g/mol. The van der Waals surface area contributed by atoms with E-state index in [0.717, 1.165) is 10.3 Å². The second kappa shape index (κ2) is 7.74. The second-order valence-electron chi connectivity index (χ2n) is 6.37. The standard InChI is InChI=1S/C18H22BrN3O2S/c1-22(16-5-3-2-4-6-16)18-12-9-15(13-20-18)21-25(23,24)17-10-7-14(19)8-11-17/h7-13,16,21H,2-6H2,1H3. The molecule has 2 aromatic rings. The van der Waals surface area contributed by atoms with E-state index in [1.165, 1.54) is 32.1 Å². The number of sulfonamides is 1. The number of nitrogens with one attached hydrogen (secondary N) is 1. The molecule has 0 atom stereocenters. The summed E-state index contributed by atoms with van der Waals surface area (Å²) < 4.78 is 28.2. The Hall–Kier alpha value is -1.60. The van der Waals surface area contributed by atoms with E-state index in [1.807, 2.05) is 6.07 Å². The number of rotatable bonds is 5. The van der Waals surface area contributed by atoms with E-state index in [-0.39, 0.29) is 4.90 Å². The van der Waals surface area contributed by atoms with Crippen LogP contribution >= 0.6 is 15.9 Å². The molecule has 0 aliphatic heterocycles. The van der Waals surface area contributed by atoms with Gasteiger partial charge in [0, 0.05) is 17.6 Å². The first-order chi connectivity index (χ1) is 12.0. The molecule has 1 N–H and O–H groups in total. The third kappa shape index (κ3) is 4.52. The Morgan fingerprint density at radius 3 is 2.36 bits per heavy atom. The fourth-order valence-corrected chi connectivity index (χ4v) is 4.45. The van der Waals surface area contributed by atoms with Gasteiger partial charge in [-0.1, -0.05) is 35.2 Å². The molecule has 1 aromatic carbocycles. The first kappa shape index (κ1) is 18.2. The molecule has 5 nitrogen and oxygen atoms in total. The lowest BCUT2D eigenvalue weighted by Crippen LogP contribution is -2.33. The van der Waals surface area contributed by atoms with Crippen molar-refractivity contribution in [2.24, 2.45) is 0 Å². The molecule has 7 heteroatoms. The lowest BCUT2D eigenvalue weighted by molar-refractivity contribution is 0.426. The van der Waals surface area contributed by atoms with Crippen LogP contribution in [0.5, 0.6) is 0 Å². The van der Waals surface area contributed by atoms with Gasteiger partial charge in [0.2, 0.25) is 0 Å². The summed E-state index contributed by atoms with van der Waals surface area (Å²) in [6, 6.07) is 10.7. The summed E-state index contributed by atoms with van der Waals surface area (Å²) in [7, 11) is -1.55. The van der Waals surface area contributed by atoms with Crippen LogP contribution in [0, 0.1) is 0 Å². The van der Waals surface area contributed by atoms with Crippen molar-refractivity contribution in [3.8, 4) is 0 Å². The molecule has 134 valence electrons. The maximum atomic E-state index is 12.4. The van der Waals surface area contributed by atoms with E-state index >= 15 is 0 Å². The van der Waals surface area contributed by atoms with Gasteiger partial charge in [-0.3, -0.25) is 4.72 Å². The SMILES string of the molecule is CN(c1ccc(NS(=O)(=O)c2ccc(Br)cc2)cn1)C1CCCCC1. The minimum absolute atomic E-state index is 0.221. The van der Waals surface area contributed by atoms with Gasteiger partial charge in [0.1, 0.15) is 5.82 Å². The molecular weight excluding hydrogens is 402 g/mol. The van der Waals surface area contributed by atoms with Gasteiger partial charge in [0.15, 0.2) is 0 Å². The molecule has 0 radical (unpaired) electrons. The molecule has 1 heterocycles. The highest BCUT2D eigenvalue weighted by molar-refractivity contribution is 9.10. The van der Waals surface area contributed by atoms with Gasteiger partial charge < -0.3 is 4.90 Å². The smallest absolute Gasteiger partial charge is 0.261 e. The summed E-state index contributed by atoms with van der Waals surface area (Å²) >= 11 is 3.30. The minimum Gasteiger partial charge on any atom is -0.357 e. The van der Waals surface area contributed by atoms with Gasteiger partial charge in [0.25, 0.3) is 10.0 Å². The van der Waals surface area contributed by atoms with Crippen LogP contribution in [0.25, 0.3) is 0 Å². The Morgan fingerprint density at radius 1 is 1.08 bits per heavy atom. The van der Waals surface area contributed by atoms with Crippen molar-refractivity contribution in [2.75, 3.05) is 16.7 Å². The highest BCUT2D eigenvalue weighted by atomic mass is 79.9. The lowest BCUT2D eigenvalue weighted by Gasteiger charge is -2.32. The normalized spacial score (nSPS) is 15.8. The Balaban J connectivity index is 1.70. The third-order valence-corrected chi connectivity index (χ3v) is 6.53. The van der Waals surface area contributed by atoms with Gasteiger partial charge in [-0.15, -0.1) is 0 Å². The summed E-state index contributed by atoms with van der Waals surface area (Å²) in [5.74, 6) is 0.874. The predicted octanol–water partition coefficient (Wildman–Crippen LogP) is 4.41. The van der Waals surface area contributed by atoms with Gasteiger partial charge in [-0.05, 0) is 49.2 Å². The molecule has 1 saturated carbocycles. The van der Waals surface area contributed by atoms with E-state index in [1.54, 1.807) is 36.5 Å². The molecular formula is C18H22BrN3O2S. The van der Waals surface area contributed by atoms with E-state index in [0.29, 0.717) is 11.7 Å². The van der Waals surface area contributed by atoms with Crippen LogP contribution in [0.3, 0.4) is 0 Å². The second-order valence-corrected chi connectivity index (χ2v) is 8.97. The molecule has 1 aliphatic carbocycles. The zero-order chi connectivity index (χ0) is 17.9. The number of anilines is 2. The van der Waals surface area contributed by atoms with Crippen molar-refractivity contribution in [1.82, 2.24) is 4.98 Å². The number of benzene rings is 1. The molecule has 1 fully saturated rings. The van der Waals surface area contributed by atoms with E-state index in [9.17, 15) is 8.42 Å². The fraction of sp³-hybridized carbons (Fsp3) is 0.389. The average molecular weight is 424 g/mol. The van der Waals surface area contributed by atoms with Gasteiger partial charge >= 0.3 is 0 Å². The summed E-state index contributed by atoms with van der Waals surface area (Å²) in [5, 5.41) is 0. The molecule has 0 amide bonds. The first-order valence-electron chi connectivity index (χ1n) is 8.43. The minimum atomic E-state index is -3.61. The zero-order valence-corrected chi connectivity index (χ0v) is 16.6. The highest BCUT2D eigenvalue weighted by Gasteiger charge is 2.19. The Labute approximate surface area is 157 Å². The zero-order valence-electron chi connectivity index (χ0n) is 14.2. The van der Waals surface area contributed by atoms with Gasteiger partial charge in [0.05, 0.1) is 16.8 Å². The van der Waals surface area contributed by atoms with Gasteiger partial charge in [-0.2, -0.15) is 0 Å². The maximum Gasteiger partial charge on any atom is 0.261 e. The summed E-state index contributed by atoms with van der Waals surface area (Å²) in [5.41, 5.74) is 0.462. The number of nitrogens with zero attached hydrogens (tertiary/aromatic N) is 2. The summed E-state index contributed by atoms with van der Waals surface area (Å²) in [6.07, 6.45) is 7.80. The first-order valence-corrected chi connectivity index (χ1v) is 10.7. The van der Waals surface area contributed by atoms with Crippen molar-refractivity contribution in [2.45, 2.75) is 43.0 Å². The number of hydrogen-bond donors (Lipinski definition) is 1. The quantitative estimate of drug-likeness (QED) is 0.772. The molecule has 0 unspecified atom stereocenters. The number of halogens is 1. The van der Waals surface area contributed by atoms with Crippen molar-refractivity contribution in [1.29, 1.82) is 0 Å². The van der Waals surface area contributed by atoms with Crippen molar-refractivity contribution in [3.05, 3.63) is 47.1 Å².